The van der Waals surface area contributed by atoms with Gasteiger partial charge in [0.25, 0.3) is 0 Å². The minimum atomic E-state index is 0. The molecule has 0 saturated heterocycles. The smallest absolute Gasteiger partial charge is 0.151 e. The van der Waals surface area contributed by atoms with E-state index in [0.717, 1.165) is 5.56 Å². The van der Waals surface area contributed by atoms with E-state index in [1.165, 1.54) is 11.8 Å². The third-order valence-electron chi connectivity index (χ3n) is 1.45. The zero-order valence-electron chi connectivity index (χ0n) is 7.33. The molecule has 14 heavy (non-hydrogen) atoms. The van der Waals surface area contributed by atoms with Crippen LogP contribution in [0.4, 0.5) is 0 Å². The van der Waals surface area contributed by atoms with Crippen LogP contribution in [0, 0.1) is 16.7 Å². The first-order chi connectivity index (χ1) is 6.22. The summed E-state index contributed by atoms with van der Waals surface area (Å²) in [6.45, 7) is 0. The second kappa shape index (κ2) is 6.46. The monoisotopic (exact) mass is 270 g/mol. The fourth-order valence-corrected chi connectivity index (χ4v) is 1.39. The molecule has 0 bridgehead atoms. The lowest BCUT2D eigenvalue weighted by atomic mass is 10.2. The number of nitrogens with two attached hydrogens (primary N) is 1. The van der Waals surface area contributed by atoms with Crippen LogP contribution >= 0.6 is 11.8 Å². The first-order valence-electron chi connectivity index (χ1n) is 3.68. The number of halogens is 1. The number of nitriles is 1. The lowest BCUT2D eigenvalue weighted by molar-refractivity contribution is -0.00000320. The van der Waals surface area contributed by atoms with E-state index < -0.39 is 0 Å². The van der Waals surface area contributed by atoms with Crippen molar-refractivity contribution < 1.29 is 17.0 Å². The summed E-state index contributed by atoms with van der Waals surface area (Å²) < 4.78 is 0. The summed E-state index contributed by atoms with van der Waals surface area (Å²) in [6, 6.07) is 9.36. The molecular weight excluding hydrogens is 262 g/mol. The molecule has 1 rings (SSSR count). The summed E-state index contributed by atoms with van der Waals surface area (Å²) in [6.07, 6.45) is 0. The molecule has 0 aliphatic carbocycles. The van der Waals surface area contributed by atoms with E-state index in [2.05, 4.69) is 6.07 Å². The van der Waals surface area contributed by atoms with Crippen molar-refractivity contribution in [2.24, 2.45) is 5.73 Å². The summed E-state index contributed by atoms with van der Waals surface area (Å²) in [5.41, 5.74) is 6.85. The van der Waals surface area contributed by atoms with Crippen molar-refractivity contribution in [3.05, 3.63) is 35.4 Å². The van der Waals surface area contributed by atoms with E-state index in [0.29, 0.717) is 11.3 Å². The van der Waals surface area contributed by atoms with Crippen molar-refractivity contribution in [3.8, 4) is 6.07 Å². The zero-order valence-corrected chi connectivity index (χ0v) is 9.73. The third-order valence-corrected chi connectivity index (χ3v) is 2.24. The SMILES string of the molecule is N#Cc1cccc(CSC(=N)N)c1.[Br-]. The van der Waals surface area contributed by atoms with Crippen LogP contribution in [0.25, 0.3) is 0 Å². The van der Waals surface area contributed by atoms with E-state index >= 15 is 0 Å². The third kappa shape index (κ3) is 4.30. The Morgan fingerprint density at radius 1 is 1.57 bits per heavy atom. The molecule has 0 fully saturated rings. The molecular formula is C9H9BrN3S-. The van der Waals surface area contributed by atoms with Gasteiger partial charge in [-0.15, -0.1) is 0 Å². The van der Waals surface area contributed by atoms with Gasteiger partial charge in [0.15, 0.2) is 5.17 Å². The molecule has 5 heteroatoms. The molecule has 0 aliphatic rings. The number of rotatable bonds is 2. The molecule has 0 heterocycles. The highest BCUT2D eigenvalue weighted by Gasteiger charge is 1.96. The van der Waals surface area contributed by atoms with Crippen molar-refractivity contribution in [1.82, 2.24) is 0 Å². The first-order valence-corrected chi connectivity index (χ1v) is 4.67. The van der Waals surface area contributed by atoms with Crippen molar-refractivity contribution in [2.75, 3.05) is 0 Å². The van der Waals surface area contributed by atoms with Gasteiger partial charge in [0.1, 0.15) is 0 Å². The molecule has 0 saturated carbocycles. The summed E-state index contributed by atoms with van der Waals surface area (Å²) in [7, 11) is 0. The van der Waals surface area contributed by atoms with Gasteiger partial charge in [0.05, 0.1) is 11.6 Å². The summed E-state index contributed by atoms with van der Waals surface area (Å²) >= 11 is 1.26. The Balaban J connectivity index is 0.00000169. The van der Waals surface area contributed by atoms with Crippen LogP contribution in [0.3, 0.4) is 0 Å². The van der Waals surface area contributed by atoms with Crippen LogP contribution in [0.1, 0.15) is 11.1 Å². The van der Waals surface area contributed by atoms with E-state index in [4.69, 9.17) is 16.4 Å². The molecule has 1 aromatic rings. The lowest BCUT2D eigenvalue weighted by Crippen LogP contribution is -3.00. The first kappa shape index (κ1) is 13.0. The van der Waals surface area contributed by atoms with Crippen LogP contribution in [-0.2, 0) is 5.75 Å². The predicted octanol–water partition coefficient (Wildman–Crippen LogP) is -1.31. The van der Waals surface area contributed by atoms with E-state index in [1.54, 1.807) is 12.1 Å². The fourth-order valence-electron chi connectivity index (χ4n) is 0.892. The van der Waals surface area contributed by atoms with Gasteiger partial charge in [-0.25, -0.2) is 0 Å². The Hall–Kier alpha value is -0.990. The van der Waals surface area contributed by atoms with Gasteiger partial charge in [-0.2, -0.15) is 5.26 Å². The summed E-state index contributed by atoms with van der Waals surface area (Å²) in [5.74, 6) is 0.644. The van der Waals surface area contributed by atoms with Crippen molar-refractivity contribution >= 4 is 16.9 Å². The molecule has 74 valence electrons. The van der Waals surface area contributed by atoms with Crippen molar-refractivity contribution in [3.63, 3.8) is 0 Å². The molecule has 0 unspecified atom stereocenters. The number of nitrogens with one attached hydrogen (secondary N) is 1. The molecule has 0 aliphatic heterocycles. The van der Waals surface area contributed by atoms with Gasteiger partial charge < -0.3 is 22.7 Å². The zero-order chi connectivity index (χ0) is 9.68. The van der Waals surface area contributed by atoms with Gasteiger partial charge in [-0.05, 0) is 17.7 Å². The lowest BCUT2D eigenvalue weighted by Gasteiger charge is -1.99. The molecule has 0 radical (unpaired) electrons. The maximum Gasteiger partial charge on any atom is 0.151 e. The Kier molecular flexibility index (Phi) is 6.00. The molecule has 1 aromatic carbocycles. The average Bonchev–Trinajstić information content (AvgIpc) is 2.15. The normalized spacial score (nSPS) is 8.50. The topological polar surface area (TPSA) is 73.7 Å². The van der Waals surface area contributed by atoms with Gasteiger partial charge >= 0.3 is 0 Å². The van der Waals surface area contributed by atoms with Crippen LogP contribution in [0.5, 0.6) is 0 Å². The van der Waals surface area contributed by atoms with Crippen molar-refractivity contribution in [2.45, 2.75) is 5.75 Å². The average molecular weight is 271 g/mol. The van der Waals surface area contributed by atoms with Gasteiger partial charge in [0, 0.05) is 5.75 Å². The number of amidine groups is 1. The summed E-state index contributed by atoms with van der Waals surface area (Å²) in [4.78, 5) is 0. The number of hydrogen-bond acceptors (Lipinski definition) is 3. The van der Waals surface area contributed by atoms with Crippen LogP contribution < -0.4 is 22.7 Å². The molecule has 3 N–H and O–H groups in total. The second-order valence-electron chi connectivity index (χ2n) is 2.47. The quantitative estimate of drug-likeness (QED) is 0.518. The standard InChI is InChI=1S/C9H9N3S.BrH/c10-5-7-2-1-3-8(4-7)6-13-9(11)12;/h1-4H,6H2,(H3,11,12);1H/p-1. The number of thioether (sulfide) groups is 1. The minimum absolute atomic E-state index is 0. The van der Waals surface area contributed by atoms with Crippen LogP contribution in [0.15, 0.2) is 24.3 Å². The second-order valence-corrected chi connectivity index (χ2v) is 3.48. The predicted molar refractivity (Wildman–Crippen MR) is 54.4 cm³/mol. The van der Waals surface area contributed by atoms with E-state index in [1.807, 2.05) is 12.1 Å². The molecule has 0 spiro atoms. The molecule has 0 aromatic heterocycles. The van der Waals surface area contributed by atoms with Crippen LogP contribution in [0.2, 0.25) is 0 Å². The maximum atomic E-state index is 8.62. The van der Waals surface area contributed by atoms with Gasteiger partial charge in [-0.3, -0.25) is 5.41 Å². The minimum Gasteiger partial charge on any atom is -1.00 e. The van der Waals surface area contributed by atoms with E-state index in [-0.39, 0.29) is 22.1 Å². The highest BCUT2D eigenvalue weighted by Crippen LogP contribution is 2.12. The van der Waals surface area contributed by atoms with Crippen molar-refractivity contribution in [1.29, 1.82) is 10.7 Å². The number of benzene rings is 1. The fraction of sp³-hybridized carbons (Fsp3) is 0.111. The largest absolute Gasteiger partial charge is 1.00 e. The number of nitrogens with zero attached hydrogens (tertiary/aromatic N) is 1. The molecule has 0 amide bonds. The number of hydrogen-bond donors (Lipinski definition) is 2. The molecule has 0 atom stereocenters. The Morgan fingerprint density at radius 3 is 2.86 bits per heavy atom. The Morgan fingerprint density at radius 2 is 2.29 bits per heavy atom. The Bertz CT molecular complexity index is 359. The van der Waals surface area contributed by atoms with E-state index in [9.17, 15) is 0 Å². The highest BCUT2D eigenvalue weighted by molar-refractivity contribution is 8.13. The molecule has 3 nitrogen and oxygen atoms in total. The van der Waals surface area contributed by atoms with Crippen LogP contribution in [-0.4, -0.2) is 5.17 Å². The Labute approximate surface area is 97.6 Å². The van der Waals surface area contributed by atoms with Gasteiger partial charge in [0.2, 0.25) is 0 Å². The highest BCUT2D eigenvalue weighted by atomic mass is 79.9. The van der Waals surface area contributed by atoms with Gasteiger partial charge in [-0.1, -0.05) is 23.9 Å². The maximum absolute atomic E-state index is 8.62. The summed E-state index contributed by atoms with van der Waals surface area (Å²) in [5, 5.41) is 15.7.